The highest BCUT2D eigenvalue weighted by molar-refractivity contribution is 5.67. The van der Waals surface area contributed by atoms with Crippen molar-refractivity contribution in [3.8, 4) is 0 Å². The maximum absolute atomic E-state index is 11.2. The van der Waals surface area contributed by atoms with Crippen LogP contribution >= 0.6 is 0 Å². The molecule has 2 unspecified atom stereocenters. The number of nitrogens with zero attached hydrogens (tertiary/aromatic N) is 4. The zero-order valence-corrected chi connectivity index (χ0v) is 13.6. The fourth-order valence-electron chi connectivity index (χ4n) is 3.38. The Morgan fingerprint density at radius 1 is 1.48 bits per heavy atom. The van der Waals surface area contributed by atoms with E-state index in [9.17, 15) is 9.90 Å². The largest absolute Gasteiger partial charge is 0.481 e. The van der Waals surface area contributed by atoms with Gasteiger partial charge >= 0.3 is 5.97 Å². The number of hydrogen-bond acceptors (Lipinski definition) is 4. The van der Waals surface area contributed by atoms with Gasteiger partial charge in [0.05, 0.1) is 12.5 Å². The fraction of sp³-hybridized carbons (Fsp3) is 0.867. The highest BCUT2D eigenvalue weighted by Crippen LogP contribution is 2.49. The van der Waals surface area contributed by atoms with Gasteiger partial charge in [-0.1, -0.05) is 41.0 Å². The van der Waals surface area contributed by atoms with Crippen LogP contribution in [0, 0.1) is 10.8 Å². The average molecular weight is 294 g/mol. The van der Waals surface area contributed by atoms with E-state index in [0.29, 0.717) is 5.92 Å². The van der Waals surface area contributed by atoms with Crippen LogP contribution < -0.4 is 0 Å². The van der Waals surface area contributed by atoms with Gasteiger partial charge in [-0.25, -0.2) is 4.68 Å². The van der Waals surface area contributed by atoms with Crippen molar-refractivity contribution in [1.82, 2.24) is 20.2 Å². The first-order chi connectivity index (χ1) is 9.63. The smallest absolute Gasteiger partial charge is 0.305 e. The van der Waals surface area contributed by atoms with Crippen molar-refractivity contribution in [2.24, 2.45) is 10.8 Å². The van der Waals surface area contributed by atoms with Crippen molar-refractivity contribution in [3.63, 3.8) is 0 Å². The molecule has 1 saturated carbocycles. The van der Waals surface area contributed by atoms with E-state index in [-0.39, 0.29) is 23.3 Å². The van der Waals surface area contributed by atoms with Crippen molar-refractivity contribution >= 4 is 5.97 Å². The molecule has 1 N–H and O–H groups in total. The summed E-state index contributed by atoms with van der Waals surface area (Å²) in [6, 6.07) is -0.239. The van der Waals surface area contributed by atoms with Gasteiger partial charge in [-0.2, -0.15) is 0 Å². The summed E-state index contributed by atoms with van der Waals surface area (Å²) in [6.07, 6.45) is 3.43. The Kier molecular flexibility index (Phi) is 4.08. The summed E-state index contributed by atoms with van der Waals surface area (Å²) in [5.74, 6) is 0.326. The normalized spacial score (nSPS) is 23.2. The van der Waals surface area contributed by atoms with Crippen LogP contribution in [0.3, 0.4) is 0 Å². The second-order valence-corrected chi connectivity index (χ2v) is 7.89. The first kappa shape index (κ1) is 15.9. The zero-order chi connectivity index (χ0) is 15.8. The molecule has 1 aromatic rings. The lowest BCUT2D eigenvalue weighted by atomic mass is 9.80. The van der Waals surface area contributed by atoms with Crippen LogP contribution in [0.15, 0.2) is 0 Å². The lowest BCUT2D eigenvalue weighted by Gasteiger charge is -2.33. The minimum absolute atomic E-state index is 0.0364. The Hall–Kier alpha value is -1.46. The third-order valence-electron chi connectivity index (χ3n) is 4.75. The predicted octanol–water partition coefficient (Wildman–Crippen LogP) is 3.03. The second kappa shape index (κ2) is 5.39. The van der Waals surface area contributed by atoms with Gasteiger partial charge in [-0.3, -0.25) is 4.79 Å². The van der Waals surface area contributed by atoms with Gasteiger partial charge in [0, 0.05) is 5.92 Å². The Bertz CT molecular complexity index is 516. The summed E-state index contributed by atoms with van der Waals surface area (Å²) in [6.45, 7) is 10.6. The third kappa shape index (κ3) is 3.24. The summed E-state index contributed by atoms with van der Waals surface area (Å²) in [7, 11) is 0. The topological polar surface area (TPSA) is 80.9 Å². The fourth-order valence-corrected chi connectivity index (χ4v) is 3.38. The predicted molar refractivity (Wildman–Crippen MR) is 78.9 cm³/mol. The summed E-state index contributed by atoms with van der Waals surface area (Å²) in [4.78, 5) is 11.2. The number of hydrogen-bond donors (Lipinski definition) is 1. The molecule has 2 atom stereocenters. The molecule has 0 spiro atoms. The Labute approximate surface area is 125 Å². The SMILES string of the molecule is CC(C)(C)C(CC(=O)O)n1nnnc1C1CCCC1(C)C. The van der Waals surface area contributed by atoms with Crippen molar-refractivity contribution in [3.05, 3.63) is 5.82 Å². The van der Waals surface area contributed by atoms with E-state index >= 15 is 0 Å². The maximum atomic E-state index is 11.2. The van der Waals surface area contributed by atoms with Crippen LogP contribution in [0.1, 0.15) is 78.1 Å². The van der Waals surface area contributed by atoms with Gasteiger partial charge in [-0.15, -0.1) is 5.10 Å². The Balaban J connectivity index is 2.40. The summed E-state index contributed by atoms with van der Waals surface area (Å²) < 4.78 is 1.77. The number of rotatable bonds is 4. The molecule has 21 heavy (non-hydrogen) atoms. The molecule has 0 amide bonds. The van der Waals surface area contributed by atoms with Gasteiger partial charge in [0.15, 0.2) is 5.82 Å². The van der Waals surface area contributed by atoms with Crippen LogP contribution in [0.2, 0.25) is 0 Å². The number of carboxylic acids is 1. The first-order valence-electron chi connectivity index (χ1n) is 7.62. The van der Waals surface area contributed by atoms with Gasteiger partial charge in [-0.05, 0) is 34.1 Å². The first-order valence-corrected chi connectivity index (χ1v) is 7.62. The van der Waals surface area contributed by atoms with Crippen molar-refractivity contribution < 1.29 is 9.90 Å². The zero-order valence-electron chi connectivity index (χ0n) is 13.6. The Morgan fingerprint density at radius 3 is 2.62 bits per heavy atom. The molecule has 6 nitrogen and oxygen atoms in total. The number of carboxylic acid groups (broad SMARTS) is 1. The summed E-state index contributed by atoms with van der Waals surface area (Å²) >= 11 is 0. The van der Waals surface area contributed by atoms with Crippen LogP contribution in [-0.2, 0) is 4.79 Å². The van der Waals surface area contributed by atoms with E-state index in [1.165, 1.54) is 6.42 Å². The number of carbonyl (C=O) groups is 1. The van der Waals surface area contributed by atoms with Crippen molar-refractivity contribution in [1.29, 1.82) is 0 Å². The van der Waals surface area contributed by atoms with E-state index in [1.807, 2.05) is 20.8 Å². The van der Waals surface area contributed by atoms with Crippen molar-refractivity contribution in [2.75, 3.05) is 0 Å². The molecule has 118 valence electrons. The highest BCUT2D eigenvalue weighted by Gasteiger charge is 2.41. The van der Waals surface area contributed by atoms with Gasteiger partial charge in [0.2, 0.25) is 0 Å². The molecular weight excluding hydrogens is 268 g/mol. The number of tetrazole rings is 1. The third-order valence-corrected chi connectivity index (χ3v) is 4.75. The molecular formula is C15H26N4O2. The lowest BCUT2D eigenvalue weighted by Crippen LogP contribution is -2.31. The molecule has 6 heteroatoms. The molecule has 0 aliphatic heterocycles. The van der Waals surface area contributed by atoms with Gasteiger partial charge < -0.3 is 5.11 Å². The van der Waals surface area contributed by atoms with E-state index in [1.54, 1.807) is 4.68 Å². The second-order valence-electron chi connectivity index (χ2n) is 7.89. The quantitative estimate of drug-likeness (QED) is 0.923. The van der Waals surface area contributed by atoms with Crippen molar-refractivity contribution in [2.45, 2.75) is 72.3 Å². The molecule has 1 aromatic heterocycles. The lowest BCUT2D eigenvalue weighted by molar-refractivity contribution is -0.138. The van der Waals surface area contributed by atoms with Crippen LogP contribution in [0.4, 0.5) is 0 Å². The molecule has 0 saturated heterocycles. The minimum atomic E-state index is -0.818. The van der Waals surface area contributed by atoms with Crippen LogP contribution in [0.25, 0.3) is 0 Å². The standard InChI is InChI=1S/C15H26N4O2/c1-14(2,3)11(9-12(20)21)19-13(16-17-18-19)10-7-6-8-15(10,4)5/h10-11H,6-9H2,1-5H3,(H,20,21). The van der Waals surface area contributed by atoms with Gasteiger partial charge in [0.25, 0.3) is 0 Å². The van der Waals surface area contributed by atoms with Gasteiger partial charge in [0.1, 0.15) is 0 Å². The average Bonchev–Trinajstić information content (AvgIpc) is 2.89. The van der Waals surface area contributed by atoms with Crippen LogP contribution in [0.5, 0.6) is 0 Å². The molecule has 1 aliphatic rings. The van der Waals surface area contributed by atoms with E-state index in [0.717, 1.165) is 18.7 Å². The monoisotopic (exact) mass is 294 g/mol. The molecule has 0 aromatic carbocycles. The minimum Gasteiger partial charge on any atom is -0.481 e. The summed E-state index contributed by atoms with van der Waals surface area (Å²) in [5, 5.41) is 21.4. The van der Waals surface area contributed by atoms with E-state index in [4.69, 9.17) is 0 Å². The maximum Gasteiger partial charge on any atom is 0.305 e. The number of aliphatic carboxylic acids is 1. The molecule has 1 fully saturated rings. The molecule has 1 aliphatic carbocycles. The molecule has 2 rings (SSSR count). The molecule has 0 bridgehead atoms. The van der Waals surface area contributed by atoms with E-state index in [2.05, 4.69) is 29.4 Å². The molecule has 1 heterocycles. The number of aromatic nitrogens is 4. The Morgan fingerprint density at radius 2 is 2.14 bits per heavy atom. The summed E-state index contributed by atoms with van der Waals surface area (Å²) in [5.41, 5.74) is -0.0522. The molecule has 0 radical (unpaired) electrons. The highest BCUT2D eigenvalue weighted by atomic mass is 16.4. The van der Waals surface area contributed by atoms with E-state index < -0.39 is 5.97 Å². The van der Waals surface area contributed by atoms with Crippen LogP contribution in [-0.4, -0.2) is 31.3 Å².